The third-order valence-electron chi connectivity index (χ3n) is 4.06. The normalized spacial score (nSPS) is 17.3. The van der Waals surface area contributed by atoms with Crippen LogP contribution in [0.2, 0.25) is 0 Å². The molecule has 0 aromatic heterocycles. The first kappa shape index (κ1) is 16.4. The minimum Gasteiger partial charge on any atom is -0.320 e. The van der Waals surface area contributed by atoms with Gasteiger partial charge in [0.25, 0.3) is 0 Å². The van der Waals surface area contributed by atoms with Crippen molar-refractivity contribution in [3.8, 4) is 6.07 Å². The molecule has 0 unspecified atom stereocenters. The van der Waals surface area contributed by atoms with Gasteiger partial charge in [0.2, 0.25) is 5.91 Å². The lowest BCUT2D eigenvalue weighted by molar-refractivity contribution is -0.120. The number of thioether (sulfide) groups is 1. The fraction of sp³-hybridized carbons (Fsp3) is 0.200. The van der Waals surface area contributed by atoms with Gasteiger partial charge in [-0.1, -0.05) is 60.2 Å². The number of hydrogen-bond acceptors (Lipinski definition) is 3. The van der Waals surface area contributed by atoms with Gasteiger partial charge in [-0.3, -0.25) is 4.79 Å². The molecule has 0 radical (unpaired) electrons. The zero-order valence-corrected chi connectivity index (χ0v) is 14.3. The van der Waals surface area contributed by atoms with Gasteiger partial charge in [-0.2, -0.15) is 5.26 Å². The molecule has 0 bridgehead atoms. The van der Waals surface area contributed by atoms with Crippen LogP contribution in [0, 0.1) is 18.3 Å². The molecule has 2 aromatic rings. The summed E-state index contributed by atoms with van der Waals surface area (Å²) in [4.78, 5) is 12.1. The molecule has 0 aliphatic carbocycles. The first-order valence-electron chi connectivity index (χ1n) is 7.85. The number of rotatable bonds is 4. The molecule has 0 saturated heterocycles. The summed E-state index contributed by atoms with van der Waals surface area (Å²) in [5, 5.41) is 13.2. The van der Waals surface area contributed by atoms with Crippen LogP contribution in [0.15, 0.2) is 65.2 Å². The van der Waals surface area contributed by atoms with Crippen molar-refractivity contribution in [3.63, 3.8) is 0 Å². The van der Waals surface area contributed by atoms with Crippen LogP contribution in [-0.2, 0) is 10.5 Å². The van der Waals surface area contributed by atoms with Crippen LogP contribution < -0.4 is 5.32 Å². The summed E-state index contributed by atoms with van der Waals surface area (Å²) in [5.74, 6) is 0.530. The SMILES string of the molecule is Cc1ccc(CSC2=C(C#N)[C@H](c3ccccc3)CC(=O)N2)cc1. The number of nitriles is 1. The number of aryl methyl sites for hydroxylation is 1. The predicted octanol–water partition coefficient (Wildman–Crippen LogP) is 4.27. The summed E-state index contributed by atoms with van der Waals surface area (Å²) >= 11 is 1.52. The van der Waals surface area contributed by atoms with Crippen LogP contribution in [0.5, 0.6) is 0 Å². The standard InChI is InChI=1S/C20H18N2OS/c1-14-7-9-15(10-8-14)13-24-20-18(12-21)17(11-19(23)22-20)16-5-3-2-4-6-16/h2-10,17H,11,13H2,1H3,(H,22,23)/t17-/m0/s1. The topological polar surface area (TPSA) is 52.9 Å². The quantitative estimate of drug-likeness (QED) is 0.908. The van der Waals surface area contributed by atoms with E-state index in [1.807, 2.05) is 30.3 Å². The summed E-state index contributed by atoms with van der Waals surface area (Å²) in [6.45, 7) is 2.05. The van der Waals surface area contributed by atoms with Crippen LogP contribution in [0.3, 0.4) is 0 Å². The molecule has 1 aliphatic rings. The molecule has 0 spiro atoms. The maximum absolute atomic E-state index is 12.1. The average molecular weight is 334 g/mol. The predicted molar refractivity (Wildman–Crippen MR) is 97.1 cm³/mol. The molecule has 24 heavy (non-hydrogen) atoms. The van der Waals surface area contributed by atoms with Crippen LogP contribution in [-0.4, -0.2) is 5.91 Å². The maximum Gasteiger partial charge on any atom is 0.225 e. The third kappa shape index (κ3) is 3.69. The summed E-state index contributed by atoms with van der Waals surface area (Å²) in [6, 6.07) is 20.4. The van der Waals surface area contributed by atoms with Crippen molar-refractivity contribution in [2.24, 2.45) is 0 Å². The molecule has 1 atom stereocenters. The smallest absolute Gasteiger partial charge is 0.225 e. The fourth-order valence-electron chi connectivity index (χ4n) is 2.74. The molecule has 0 fully saturated rings. The largest absolute Gasteiger partial charge is 0.320 e. The summed E-state index contributed by atoms with van der Waals surface area (Å²) in [6.07, 6.45) is 0.321. The Morgan fingerprint density at radius 3 is 2.54 bits per heavy atom. The fourth-order valence-corrected chi connectivity index (χ4v) is 3.78. The summed E-state index contributed by atoms with van der Waals surface area (Å²) in [5.41, 5.74) is 4.05. The van der Waals surface area contributed by atoms with E-state index < -0.39 is 0 Å². The highest BCUT2D eigenvalue weighted by Gasteiger charge is 2.29. The highest BCUT2D eigenvalue weighted by Crippen LogP contribution is 2.36. The molecule has 1 amide bonds. The van der Waals surface area contributed by atoms with E-state index in [2.05, 4.69) is 42.6 Å². The summed E-state index contributed by atoms with van der Waals surface area (Å²) < 4.78 is 0. The first-order chi connectivity index (χ1) is 11.7. The van der Waals surface area contributed by atoms with Gasteiger partial charge in [0, 0.05) is 18.1 Å². The van der Waals surface area contributed by atoms with Gasteiger partial charge >= 0.3 is 0 Å². The monoisotopic (exact) mass is 334 g/mol. The Balaban J connectivity index is 1.85. The number of carbonyl (C=O) groups excluding carboxylic acids is 1. The molecule has 1 aliphatic heterocycles. The van der Waals surface area contributed by atoms with Crippen molar-refractivity contribution in [1.82, 2.24) is 5.32 Å². The van der Waals surface area contributed by atoms with Gasteiger partial charge < -0.3 is 5.32 Å². The first-order valence-corrected chi connectivity index (χ1v) is 8.83. The van der Waals surface area contributed by atoms with Gasteiger partial charge in [0.15, 0.2) is 0 Å². The van der Waals surface area contributed by atoms with Gasteiger partial charge in [0.1, 0.15) is 0 Å². The van der Waals surface area contributed by atoms with E-state index in [0.29, 0.717) is 17.0 Å². The van der Waals surface area contributed by atoms with Crippen molar-refractivity contribution >= 4 is 17.7 Å². The average Bonchev–Trinajstić information content (AvgIpc) is 2.61. The highest BCUT2D eigenvalue weighted by atomic mass is 32.2. The minimum absolute atomic E-state index is 0.0331. The van der Waals surface area contributed by atoms with Gasteiger partial charge in [-0.05, 0) is 18.1 Å². The van der Waals surface area contributed by atoms with E-state index in [0.717, 1.165) is 11.3 Å². The second-order valence-electron chi connectivity index (χ2n) is 5.84. The molecular formula is C20H18N2OS. The Morgan fingerprint density at radius 2 is 1.88 bits per heavy atom. The van der Waals surface area contributed by atoms with E-state index in [1.165, 1.54) is 22.9 Å². The van der Waals surface area contributed by atoms with E-state index >= 15 is 0 Å². The molecule has 120 valence electrons. The van der Waals surface area contributed by atoms with Crippen molar-refractivity contribution in [2.75, 3.05) is 0 Å². The van der Waals surface area contributed by atoms with Crippen LogP contribution in [0.1, 0.15) is 29.0 Å². The second-order valence-corrected chi connectivity index (χ2v) is 6.83. The van der Waals surface area contributed by atoms with Crippen LogP contribution in [0.25, 0.3) is 0 Å². The van der Waals surface area contributed by atoms with Crippen molar-refractivity contribution in [2.45, 2.75) is 25.0 Å². The number of amides is 1. The van der Waals surface area contributed by atoms with E-state index in [-0.39, 0.29) is 11.8 Å². The highest BCUT2D eigenvalue weighted by molar-refractivity contribution is 8.02. The van der Waals surface area contributed by atoms with Crippen LogP contribution >= 0.6 is 11.8 Å². The van der Waals surface area contributed by atoms with E-state index in [9.17, 15) is 10.1 Å². The molecule has 0 saturated carbocycles. The molecule has 3 nitrogen and oxygen atoms in total. The number of carbonyl (C=O) groups is 1. The molecule has 2 aromatic carbocycles. The van der Waals surface area contributed by atoms with Crippen molar-refractivity contribution in [3.05, 3.63) is 81.9 Å². The molecule has 1 N–H and O–H groups in total. The zero-order valence-electron chi connectivity index (χ0n) is 13.5. The molecule has 3 rings (SSSR count). The van der Waals surface area contributed by atoms with E-state index in [4.69, 9.17) is 0 Å². The van der Waals surface area contributed by atoms with Gasteiger partial charge in [-0.25, -0.2) is 0 Å². The number of nitrogens with zero attached hydrogens (tertiary/aromatic N) is 1. The number of hydrogen-bond donors (Lipinski definition) is 1. The van der Waals surface area contributed by atoms with Crippen molar-refractivity contribution < 1.29 is 4.79 Å². The third-order valence-corrected chi connectivity index (χ3v) is 5.15. The minimum atomic E-state index is -0.162. The Bertz CT molecular complexity index is 804. The zero-order chi connectivity index (χ0) is 16.9. The van der Waals surface area contributed by atoms with Gasteiger partial charge in [-0.15, -0.1) is 11.8 Å². The number of benzene rings is 2. The lowest BCUT2D eigenvalue weighted by Crippen LogP contribution is -2.30. The Kier molecular flexibility index (Phi) is 5.02. The molecular weight excluding hydrogens is 316 g/mol. The van der Waals surface area contributed by atoms with Crippen LogP contribution in [0.4, 0.5) is 0 Å². The Morgan fingerprint density at radius 1 is 1.17 bits per heavy atom. The molecule has 1 heterocycles. The van der Waals surface area contributed by atoms with Gasteiger partial charge in [0.05, 0.1) is 16.7 Å². The summed E-state index contributed by atoms with van der Waals surface area (Å²) in [7, 11) is 0. The lowest BCUT2D eigenvalue weighted by atomic mass is 9.87. The second kappa shape index (κ2) is 7.37. The maximum atomic E-state index is 12.1. The van der Waals surface area contributed by atoms with Crippen molar-refractivity contribution in [1.29, 1.82) is 5.26 Å². The lowest BCUT2D eigenvalue weighted by Gasteiger charge is -2.25. The van der Waals surface area contributed by atoms with E-state index in [1.54, 1.807) is 0 Å². The molecule has 4 heteroatoms. The Labute approximate surface area is 146 Å². The number of nitrogens with one attached hydrogen (secondary N) is 1. The Hall–Kier alpha value is -2.51. The number of allylic oxidation sites excluding steroid dienone is 1.